The van der Waals surface area contributed by atoms with Crippen molar-refractivity contribution in [1.29, 1.82) is 0 Å². The fraction of sp³-hybridized carbons (Fsp3) is 0.600. The van der Waals surface area contributed by atoms with Crippen LogP contribution in [0.3, 0.4) is 0 Å². The number of nitrogens with one attached hydrogen (secondary N) is 1. The second-order valence-electron chi connectivity index (χ2n) is 3.86. The molecule has 0 fully saturated rings. The molecular weight excluding hydrogens is 226 g/mol. The Labute approximate surface area is 99.1 Å². The molecule has 2 N–H and O–H groups in total. The van der Waals surface area contributed by atoms with Crippen LogP contribution in [0.5, 0.6) is 0 Å². The maximum Gasteiger partial charge on any atom is 0.263 e. The van der Waals surface area contributed by atoms with E-state index in [1.54, 1.807) is 6.92 Å². The molecule has 0 spiro atoms. The van der Waals surface area contributed by atoms with E-state index < -0.39 is 0 Å². The molecule has 0 radical (unpaired) electrons. The molecule has 0 aliphatic heterocycles. The summed E-state index contributed by atoms with van der Waals surface area (Å²) >= 11 is 1.35. The number of nitrogens with zero attached hydrogens (tertiary/aromatic N) is 2. The lowest BCUT2D eigenvalue weighted by Gasteiger charge is -2.09. The lowest BCUT2D eigenvalue weighted by Crippen LogP contribution is -2.34. The number of anilines is 1. The van der Waals surface area contributed by atoms with Crippen molar-refractivity contribution in [2.24, 2.45) is 0 Å². The third-order valence-electron chi connectivity index (χ3n) is 2.03. The first-order valence-electron chi connectivity index (χ1n) is 5.02. The van der Waals surface area contributed by atoms with Gasteiger partial charge in [-0.15, -0.1) is 0 Å². The normalized spacial score (nSPS) is 12.3. The average Bonchev–Trinajstić information content (AvgIpc) is 2.60. The van der Waals surface area contributed by atoms with Crippen molar-refractivity contribution in [3.63, 3.8) is 0 Å². The van der Waals surface area contributed by atoms with E-state index in [0.29, 0.717) is 4.88 Å². The molecule has 1 aromatic rings. The van der Waals surface area contributed by atoms with Crippen LogP contribution in [0.4, 0.5) is 5.13 Å². The summed E-state index contributed by atoms with van der Waals surface area (Å²) in [5.74, 6) is -0.176. The Morgan fingerprint density at radius 1 is 1.62 bits per heavy atom. The van der Waals surface area contributed by atoms with Gasteiger partial charge in [-0.2, -0.15) is 0 Å². The third-order valence-corrected chi connectivity index (χ3v) is 3.35. The Balaban J connectivity index is 2.83. The standard InChI is InChI=1S/C10H17N3O2S/c1-6(5-14)11-9(15)8-7(2)12-10(16-8)13(3)4/h6,14H,5H2,1-4H3,(H,11,15). The van der Waals surface area contributed by atoms with Gasteiger partial charge in [-0.1, -0.05) is 11.3 Å². The van der Waals surface area contributed by atoms with Gasteiger partial charge in [0.25, 0.3) is 5.91 Å². The number of aliphatic hydroxyl groups is 1. The van der Waals surface area contributed by atoms with Crippen LogP contribution in [0.1, 0.15) is 22.3 Å². The molecule has 1 atom stereocenters. The Morgan fingerprint density at radius 3 is 2.69 bits per heavy atom. The Morgan fingerprint density at radius 2 is 2.25 bits per heavy atom. The summed E-state index contributed by atoms with van der Waals surface area (Å²) in [4.78, 5) is 18.6. The van der Waals surface area contributed by atoms with Crippen LogP contribution in [0.25, 0.3) is 0 Å². The molecular formula is C10H17N3O2S. The zero-order valence-electron chi connectivity index (χ0n) is 9.94. The smallest absolute Gasteiger partial charge is 0.263 e. The number of carbonyl (C=O) groups is 1. The quantitative estimate of drug-likeness (QED) is 0.814. The summed E-state index contributed by atoms with van der Waals surface area (Å²) in [6.45, 7) is 3.49. The molecule has 0 aliphatic carbocycles. The number of thiazole rings is 1. The summed E-state index contributed by atoms with van der Waals surface area (Å²) in [6.07, 6.45) is 0. The molecule has 1 rings (SSSR count). The van der Waals surface area contributed by atoms with Gasteiger partial charge in [0.1, 0.15) is 4.88 Å². The van der Waals surface area contributed by atoms with Crippen molar-refractivity contribution >= 4 is 22.4 Å². The minimum atomic E-state index is -0.239. The number of amides is 1. The number of hydrogen-bond donors (Lipinski definition) is 2. The minimum absolute atomic E-state index is 0.0653. The van der Waals surface area contributed by atoms with E-state index in [-0.39, 0.29) is 18.6 Å². The number of rotatable bonds is 4. The Hall–Kier alpha value is -1.14. The number of aryl methyl sites for hydroxylation is 1. The van der Waals surface area contributed by atoms with Gasteiger partial charge in [0.05, 0.1) is 12.3 Å². The Bertz CT molecular complexity index is 376. The van der Waals surface area contributed by atoms with E-state index in [2.05, 4.69) is 10.3 Å². The van der Waals surface area contributed by atoms with Gasteiger partial charge in [0.2, 0.25) is 0 Å². The number of carbonyl (C=O) groups excluding carboxylic acids is 1. The van der Waals surface area contributed by atoms with Crippen molar-refractivity contribution < 1.29 is 9.90 Å². The van der Waals surface area contributed by atoms with E-state index >= 15 is 0 Å². The van der Waals surface area contributed by atoms with Crippen LogP contribution in [-0.2, 0) is 0 Å². The van der Waals surface area contributed by atoms with E-state index in [0.717, 1.165) is 10.8 Å². The molecule has 0 saturated heterocycles. The predicted molar refractivity (Wildman–Crippen MR) is 65.2 cm³/mol. The summed E-state index contributed by atoms with van der Waals surface area (Å²) in [7, 11) is 3.77. The van der Waals surface area contributed by atoms with Crippen LogP contribution in [0, 0.1) is 6.92 Å². The number of aromatic nitrogens is 1. The molecule has 0 saturated carbocycles. The SMILES string of the molecule is Cc1nc(N(C)C)sc1C(=O)NC(C)CO. The molecule has 0 bridgehead atoms. The van der Waals surface area contributed by atoms with E-state index in [4.69, 9.17) is 5.11 Å². The van der Waals surface area contributed by atoms with Crippen molar-refractivity contribution in [3.8, 4) is 0 Å². The fourth-order valence-electron chi connectivity index (χ4n) is 1.12. The summed E-state index contributed by atoms with van der Waals surface area (Å²) in [5, 5.41) is 12.4. The lowest BCUT2D eigenvalue weighted by atomic mass is 10.3. The lowest BCUT2D eigenvalue weighted by molar-refractivity contribution is 0.0925. The monoisotopic (exact) mass is 243 g/mol. The first kappa shape index (κ1) is 12.9. The van der Waals surface area contributed by atoms with Crippen molar-refractivity contribution in [2.45, 2.75) is 19.9 Å². The van der Waals surface area contributed by atoms with Gasteiger partial charge in [0, 0.05) is 20.1 Å². The highest BCUT2D eigenvalue weighted by Crippen LogP contribution is 2.24. The molecule has 0 aliphatic rings. The second kappa shape index (κ2) is 5.27. The highest BCUT2D eigenvalue weighted by Gasteiger charge is 2.17. The Kier molecular flexibility index (Phi) is 4.26. The van der Waals surface area contributed by atoms with Crippen molar-refractivity contribution in [3.05, 3.63) is 10.6 Å². The number of aliphatic hydroxyl groups excluding tert-OH is 1. The van der Waals surface area contributed by atoms with Crippen LogP contribution < -0.4 is 10.2 Å². The van der Waals surface area contributed by atoms with Crippen LogP contribution in [0.2, 0.25) is 0 Å². The highest BCUT2D eigenvalue weighted by molar-refractivity contribution is 7.17. The predicted octanol–water partition coefficient (Wildman–Crippen LogP) is 0.628. The molecule has 0 aromatic carbocycles. The minimum Gasteiger partial charge on any atom is -0.394 e. The molecule has 1 unspecified atom stereocenters. The van der Waals surface area contributed by atoms with Gasteiger partial charge in [-0.3, -0.25) is 4.79 Å². The zero-order chi connectivity index (χ0) is 12.3. The van der Waals surface area contributed by atoms with Gasteiger partial charge >= 0.3 is 0 Å². The van der Waals surface area contributed by atoms with Gasteiger partial charge in [-0.05, 0) is 13.8 Å². The summed E-state index contributed by atoms with van der Waals surface area (Å²) < 4.78 is 0. The van der Waals surface area contributed by atoms with Crippen LogP contribution in [-0.4, -0.2) is 42.7 Å². The van der Waals surface area contributed by atoms with Crippen molar-refractivity contribution in [1.82, 2.24) is 10.3 Å². The van der Waals surface area contributed by atoms with Gasteiger partial charge in [-0.25, -0.2) is 4.98 Å². The molecule has 90 valence electrons. The van der Waals surface area contributed by atoms with Crippen LogP contribution >= 0.6 is 11.3 Å². The van der Waals surface area contributed by atoms with Gasteiger partial charge in [0.15, 0.2) is 5.13 Å². The first-order chi connectivity index (χ1) is 7.45. The summed E-state index contributed by atoms with van der Waals surface area (Å²) in [5.41, 5.74) is 0.719. The average molecular weight is 243 g/mol. The second-order valence-corrected chi connectivity index (χ2v) is 4.84. The molecule has 6 heteroatoms. The van der Waals surface area contributed by atoms with E-state index in [1.165, 1.54) is 11.3 Å². The molecule has 1 aromatic heterocycles. The maximum atomic E-state index is 11.8. The molecule has 1 heterocycles. The van der Waals surface area contributed by atoms with Crippen molar-refractivity contribution in [2.75, 3.05) is 25.6 Å². The van der Waals surface area contributed by atoms with Gasteiger partial charge < -0.3 is 15.3 Å². The van der Waals surface area contributed by atoms with Crippen LogP contribution in [0.15, 0.2) is 0 Å². The molecule has 16 heavy (non-hydrogen) atoms. The van der Waals surface area contributed by atoms with E-state index in [9.17, 15) is 4.79 Å². The maximum absolute atomic E-state index is 11.8. The fourth-order valence-corrected chi connectivity index (χ4v) is 2.01. The molecule has 5 nitrogen and oxygen atoms in total. The third kappa shape index (κ3) is 2.93. The topological polar surface area (TPSA) is 65.5 Å². The first-order valence-corrected chi connectivity index (χ1v) is 5.83. The highest BCUT2D eigenvalue weighted by atomic mass is 32.1. The molecule has 1 amide bonds. The van der Waals surface area contributed by atoms with E-state index in [1.807, 2.05) is 25.9 Å². The summed E-state index contributed by atoms with van der Waals surface area (Å²) in [6, 6.07) is -0.239. The number of hydrogen-bond acceptors (Lipinski definition) is 5. The zero-order valence-corrected chi connectivity index (χ0v) is 10.8. The largest absolute Gasteiger partial charge is 0.394 e.